The van der Waals surface area contributed by atoms with Crippen LogP contribution in [0, 0.1) is 20.8 Å². The van der Waals surface area contributed by atoms with Gasteiger partial charge in [-0.3, -0.25) is 4.79 Å². The fourth-order valence-electron chi connectivity index (χ4n) is 2.31. The summed E-state index contributed by atoms with van der Waals surface area (Å²) >= 11 is 0. The number of hydrogen-bond donors (Lipinski definition) is 1. The van der Waals surface area contributed by atoms with Crippen LogP contribution < -0.4 is 10.1 Å². The van der Waals surface area contributed by atoms with Crippen molar-refractivity contribution >= 4 is 5.91 Å². The predicted molar refractivity (Wildman–Crippen MR) is 89.0 cm³/mol. The summed E-state index contributed by atoms with van der Waals surface area (Å²) < 4.78 is 5.77. The summed E-state index contributed by atoms with van der Waals surface area (Å²) in [5.41, 5.74) is 4.51. The third-order valence-electron chi connectivity index (χ3n) is 3.72. The van der Waals surface area contributed by atoms with Crippen LogP contribution in [0.3, 0.4) is 0 Å². The molecule has 0 bridgehead atoms. The molecule has 2 rings (SSSR count). The summed E-state index contributed by atoms with van der Waals surface area (Å²) in [7, 11) is 0. The lowest BCUT2D eigenvalue weighted by atomic mass is 10.1. The number of benzene rings is 2. The van der Waals surface area contributed by atoms with Crippen molar-refractivity contribution < 1.29 is 9.53 Å². The molecule has 0 spiro atoms. The maximum absolute atomic E-state index is 12.2. The largest absolute Gasteiger partial charge is 0.481 e. The second kappa shape index (κ2) is 7.12. The number of aryl methyl sites for hydroxylation is 3. The van der Waals surface area contributed by atoms with Crippen molar-refractivity contribution in [2.24, 2.45) is 0 Å². The smallest absolute Gasteiger partial charge is 0.261 e. The van der Waals surface area contributed by atoms with Gasteiger partial charge in [-0.15, -0.1) is 0 Å². The molecule has 3 nitrogen and oxygen atoms in total. The third kappa shape index (κ3) is 4.10. The Hall–Kier alpha value is -2.29. The summed E-state index contributed by atoms with van der Waals surface area (Å²) in [6.07, 6.45) is -0.523. The Kier molecular flexibility index (Phi) is 5.21. The van der Waals surface area contributed by atoms with E-state index in [1.165, 1.54) is 11.1 Å². The molecule has 0 saturated carbocycles. The molecule has 0 heterocycles. The molecule has 0 aromatic heterocycles. The molecular formula is C19H23NO2. The van der Waals surface area contributed by atoms with Crippen LogP contribution in [-0.4, -0.2) is 12.0 Å². The molecular weight excluding hydrogens is 274 g/mol. The van der Waals surface area contributed by atoms with Crippen LogP contribution in [0.25, 0.3) is 0 Å². The van der Waals surface area contributed by atoms with Gasteiger partial charge in [0.1, 0.15) is 5.75 Å². The number of hydrogen-bond acceptors (Lipinski definition) is 2. The zero-order chi connectivity index (χ0) is 16.1. The van der Waals surface area contributed by atoms with Gasteiger partial charge in [-0.05, 0) is 50.5 Å². The average molecular weight is 297 g/mol. The second-order valence-electron chi connectivity index (χ2n) is 5.67. The van der Waals surface area contributed by atoms with Crippen LogP contribution in [0.1, 0.15) is 29.2 Å². The Balaban J connectivity index is 1.93. The molecule has 22 heavy (non-hydrogen) atoms. The van der Waals surface area contributed by atoms with E-state index in [0.717, 1.165) is 16.9 Å². The van der Waals surface area contributed by atoms with Gasteiger partial charge < -0.3 is 10.1 Å². The summed E-state index contributed by atoms with van der Waals surface area (Å²) in [5, 5.41) is 2.93. The lowest BCUT2D eigenvalue weighted by Gasteiger charge is -2.17. The molecule has 2 aromatic carbocycles. The van der Waals surface area contributed by atoms with Gasteiger partial charge in [0.15, 0.2) is 6.10 Å². The molecule has 2 aromatic rings. The molecule has 0 aliphatic carbocycles. The van der Waals surface area contributed by atoms with Gasteiger partial charge in [-0.2, -0.15) is 0 Å². The van der Waals surface area contributed by atoms with Crippen molar-refractivity contribution in [3.05, 3.63) is 64.7 Å². The molecule has 1 N–H and O–H groups in total. The fraction of sp³-hybridized carbons (Fsp3) is 0.316. The van der Waals surface area contributed by atoms with Crippen molar-refractivity contribution in [1.29, 1.82) is 0 Å². The number of carbonyl (C=O) groups is 1. The van der Waals surface area contributed by atoms with E-state index in [-0.39, 0.29) is 5.91 Å². The molecule has 0 aliphatic rings. The number of amides is 1. The minimum atomic E-state index is -0.523. The van der Waals surface area contributed by atoms with Crippen LogP contribution in [0.2, 0.25) is 0 Å². The first-order chi connectivity index (χ1) is 10.5. The Labute approximate surface area is 132 Å². The standard InChI is InChI=1S/C19H23NO2/c1-13-9-10-18(15(3)11-13)22-16(4)19(21)20-12-17-8-6-5-7-14(17)2/h5-11,16H,12H2,1-4H3,(H,20,21). The van der Waals surface area contributed by atoms with Gasteiger partial charge in [0.05, 0.1) is 0 Å². The van der Waals surface area contributed by atoms with Crippen molar-refractivity contribution in [1.82, 2.24) is 5.32 Å². The predicted octanol–water partition coefficient (Wildman–Crippen LogP) is 3.70. The highest BCUT2D eigenvalue weighted by Crippen LogP contribution is 2.20. The molecule has 0 radical (unpaired) electrons. The molecule has 1 atom stereocenters. The van der Waals surface area contributed by atoms with Gasteiger partial charge in [-0.1, -0.05) is 42.0 Å². The SMILES string of the molecule is Cc1ccc(OC(C)C(=O)NCc2ccccc2C)c(C)c1. The first kappa shape index (κ1) is 16.1. The summed E-state index contributed by atoms with van der Waals surface area (Å²) in [4.78, 5) is 12.2. The molecule has 1 amide bonds. The van der Waals surface area contributed by atoms with E-state index in [0.29, 0.717) is 6.54 Å². The zero-order valence-corrected chi connectivity index (χ0v) is 13.6. The highest BCUT2D eigenvalue weighted by Gasteiger charge is 2.15. The number of rotatable bonds is 5. The highest BCUT2D eigenvalue weighted by molar-refractivity contribution is 5.80. The molecule has 3 heteroatoms. The summed E-state index contributed by atoms with van der Waals surface area (Å²) in [6, 6.07) is 14.0. The monoisotopic (exact) mass is 297 g/mol. The Bertz CT molecular complexity index is 664. The Morgan fingerprint density at radius 1 is 1.09 bits per heavy atom. The van der Waals surface area contributed by atoms with Gasteiger partial charge in [0.25, 0.3) is 5.91 Å². The van der Waals surface area contributed by atoms with Crippen molar-refractivity contribution in [2.45, 2.75) is 40.3 Å². The normalized spacial score (nSPS) is 11.8. The van der Waals surface area contributed by atoms with Gasteiger partial charge in [0, 0.05) is 6.54 Å². The molecule has 1 unspecified atom stereocenters. The van der Waals surface area contributed by atoms with Crippen LogP contribution in [-0.2, 0) is 11.3 Å². The van der Waals surface area contributed by atoms with Gasteiger partial charge in [-0.25, -0.2) is 0 Å². The minimum absolute atomic E-state index is 0.108. The van der Waals surface area contributed by atoms with Crippen LogP contribution in [0.4, 0.5) is 0 Å². The molecule has 0 aliphatic heterocycles. The average Bonchev–Trinajstić information content (AvgIpc) is 2.49. The highest BCUT2D eigenvalue weighted by atomic mass is 16.5. The van der Waals surface area contributed by atoms with E-state index in [2.05, 4.69) is 5.32 Å². The third-order valence-corrected chi connectivity index (χ3v) is 3.72. The number of carbonyl (C=O) groups excluding carboxylic acids is 1. The van der Waals surface area contributed by atoms with E-state index in [9.17, 15) is 4.79 Å². The van der Waals surface area contributed by atoms with E-state index in [4.69, 9.17) is 4.74 Å². The van der Waals surface area contributed by atoms with E-state index >= 15 is 0 Å². The summed E-state index contributed by atoms with van der Waals surface area (Å²) in [6.45, 7) is 8.35. The van der Waals surface area contributed by atoms with Crippen molar-refractivity contribution in [3.8, 4) is 5.75 Å². The topological polar surface area (TPSA) is 38.3 Å². The Morgan fingerprint density at radius 3 is 2.50 bits per heavy atom. The van der Waals surface area contributed by atoms with Crippen LogP contribution >= 0.6 is 0 Å². The molecule has 0 saturated heterocycles. The maximum Gasteiger partial charge on any atom is 0.261 e. The first-order valence-corrected chi connectivity index (χ1v) is 7.53. The van der Waals surface area contributed by atoms with E-state index in [1.807, 2.05) is 63.2 Å². The maximum atomic E-state index is 12.2. The lowest BCUT2D eigenvalue weighted by Crippen LogP contribution is -2.36. The first-order valence-electron chi connectivity index (χ1n) is 7.53. The van der Waals surface area contributed by atoms with Crippen molar-refractivity contribution in [2.75, 3.05) is 0 Å². The fourth-order valence-corrected chi connectivity index (χ4v) is 2.31. The van der Waals surface area contributed by atoms with Gasteiger partial charge in [0.2, 0.25) is 0 Å². The van der Waals surface area contributed by atoms with Gasteiger partial charge >= 0.3 is 0 Å². The summed E-state index contributed by atoms with van der Waals surface area (Å²) in [5.74, 6) is 0.646. The van der Waals surface area contributed by atoms with Crippen LogP contribution in [0.15, 0.2) is 42.5 Å². The van der Waals surface area contributed by atoms with Crippen LogP contribution in [0.5, 0.6) is 5.75 Å². The Morgan fingerprint density at radius 2 is 1.82 bits per heavy atom. The molecule has 0 fully saturated rings. The second-order valence-corrected chi connectivity index (χ2v) is 5.67. The number of ether oxygens (including phenoxy) is 1. The zero-order valence-electron chi connectivity index (χ0n) is 13.6. The van der Waals surface area contributed by atoms with E-state index < -0.39 is 6.10 Å². The van der Waals surface area contributed by atoms with Crippen molar-refractivity contribution in [3.63, 3.8) is 0 Å². The number of nitrogens with one attached hydrogen (secondary N) is 1. The quantitative estimate of drug-likeness (QED) is 0.914. The lowest BCUT2D eigenvalue weighted by molar-refractivity contribution is -0.127. The van der Waals surface area contributed by atoms with E-state index in [1.54, 1.807) is 6.92 Å². The minimum Gasteiger partial charge on any atom is -0.481 e. The molecule has 116 valence electrons.